The molecule has 0 saturated carbocycles. The van der Waals surface area contributed by atoms with Gasteiger partial charge in [0, 0.05) is 16.2 Å². The SMILES string of the molecule is c1cc(-c2ccc(-c3cc4c(c5ccccc35)c3c5ccccc5ccc3n4-c3cccc4ccccc34)cc2)c2cc3c4ccccc4c4ccccc4c3cc2c1. The number of hydrogen-bond donors (Lipinski definition) is 0. The Labute approximate surface area is 340 Å². The summed E-state index contributed by atoms with van der Waals surface area (Å²) in [7, 11) is 0. The lowest BCUT2D eigenvalue weighted by Gasteiger charge is -2.15. The first-order valence-corrected chi connectivity index (χ1v) is 20.5. The fourth-order valence-corrected chi connectivity index (χ4v) is 10.3. The molecule has 1 aromatic heterocycles. The van der Waals surface area contributed by atoms with Crippen molar-refractivity contribution < 1.29 is 0 Å². The van der Waals surface area contributed by atoms with E-state index in [1.165, 1.54) is 125 Å². The zero-order valence-corrected chi connectivity index (χ0v) is 32.2. The first kappa shape index (κ1) is 32.4. The summed E-state index contributed by atoms with van der Waals surface area (Å²) in [5.74, 6) is 0. The minimum atomic E-state index is 1.19. The topological polar surface area (TPSA) is 4.93 Å². The van der Waals surface area contributed by atoms with Gasteiger partial charge < -0.3 is 4.57 Å². The van der Waals surface area contributed by atoms with Crippen LogP contribution in [0.3, 0.4) is 0 Å². The Morgan fingerprint density at radius 3 is 1.44 bits per heavy atom. The molecular formula is C58H35N. The van der Waals surface area contributed by atoms with Crippen LogP contribution in [-0.2, 0) is 0 Å². The molecule has 0 saturated heterocycles. The van der Waals surface area contributed by atoms with Crippen molar-refractivity contribution in [3.63, 3.8) is 0 Å². The molecule has 0 radical (unpaired) electrons. The second-order valence-electron chi connectivity index (χ2n) is 16.0. The van der Waals surface area contributed by atoms with Gasteiger partial charge in [0.25, 0.3) is 0 Å². The third-order valence-electron chi connectivity index (χ3n) is 12.9. The monoisotopic (exact) mass is 745 g/mol. The van der Waals surface area contributed by atoms with Crippen LogP contribution in [0, 0.1) is 0 Å². The number of aromatic nitrogens is 1. The lowest BCUT2D eigenvalue weighted by atomic mass is 9.89. The molecule has 0 amide bonds. The van der Waals surface area contributed by atoms with E-state index in [2.05, 4.69) is 217 Å². The second kappa shape index (κ2) is 12.4. The fraction of sp³-hybridized carbons (Fsp3) is 0. The number of hydrogen-bond acceptors (Lipinski definition) is 0. The van der Waals surface area contributed by atoms with Gasteiger partial charge in [-0.15, -0.1) is 0 Å². The normalized spacial score (nSPS) is 12.1. The minimum absolute atomic E-state index is 1.19. The molecule has 12 aromatic carbocycles. The van der Waals surface area contributed by atoms with Gasteiger partial charge in [0.05, 0.1) is 16.7 Å². The quantitative estimate of drug-likeness (QED) is 0.125. The van der Waals surface area contributed by atoms with Crippen LogP contribution >= 0.6 is 0 Å². The summed E-state index contributed by atoms with van der Waals surface area (Å²) < 4.78 is 2.51. The first-order chi connectivity index (χ1) is 29.3. The molecule has 1 nitrogen and oxygen atoms in total. The van der Waals surface area contributed by atoms with E-state index in [0.29, 0.717) is 0 Å². The molecule has 13 aromatic rings. The molecular weight excluding hydrogens is 711 g/mol. The van der Waals surface area contributed by atoms with Crippen molar-refractivity contribution in [2.45, 2.75) is 0 Å². The Hall–Kier alpha value is -7.74. The zero-order chi connectivity index (χ0) is 38.6. The van der Waals surface area contributed by atoms with Gasteiger partial charge in [-0.05, 0) is 123 Å². The molecule has 59 heavy (non-hydrogen) atoms. The average molecular weight is 746 g/mol. The average Bonchev–Trinajstić information content (AvgIpc) is 3.65. The lowest BCUT2D eigenvalue weighted by Crippen LogP contribution is -1.96. The van der Waals surface area contributed by atoms with Crippen molar-refractivity contribution in [3.05, 3.63) is 212 Å². The van der Waals surface area contributed by atoms with Crippen LogP contribution < -0.4 is 0 Å². The molecule has 0 bridgehead atoms. The molecule has 0 spiro atoms. The van der Waals surface area contributed by atoms with Gasteiger partial charge in [-0.2, -0.15) is 0 Å². The predicted octanol–water partition coefficient (Wildman–Crippen LogP) is 16.2. The van der Waals surface area contributed by atoms with E-state index in [1.807, 2.05) is 0 Å². The summed E-state index contributed by atoms with van der Waals surface area (Å²) in [5.41, 5.74) is 8.52. The van der Waals surface area contributed by atoms with E-state index in [4.69, 9.17) is 0 Å². The Balaban J connectivity index is 1.05. The Morgan fingerprint density at radius 1 is 0.237 bits per heavy atom. The molecule has 0 N–H and O–H groups in total. The molecule has 1 heteroatoms. The van der Waals surface area contributed by atoms with Crippen molar-refractivity contribution in [2.75, 3.05) is 0 Å². The van der Waals surface area contributed by atoms with Gasteiger partial charge in [-0.25, -0.2) is 0 Å². The molecule has 272 valence electrons. The molecule has 0 aliphatic rings. The number of benzene rings is 12. The standard InChI is InChI=1S/C58H35N/c1-3-17-42-36(13-1)15-12-26-54(42)59-55-32-31-37-14-2-4-18-43(37)57(55)58-49-24-10-9-23-48(49)51(35-56(58)59)39-29-27-38(28-30-39)41-25-11-16-40-33-52-46-21-7-5-19-44(46)45-20-6-8-22-47(45)53(52)34-50(40)41/h1-35H. The van der Waals surface area contributed by atoms with Crippen molar-refractivity contribution in [2.24, 2.45) is 0 Å². The number of fused-ring (bicyclic) bond motifs is 15. The molecule has 0 unspecified atom stereocenters. The summed E-state index contributed by atoms with van der Waals surface area (Å²) in [6.07, 6.45) is 0. The van der Waals surface area contributed by atoms with E-state index < -0.39 is 0 Å². The first-order valence-electron chi connectivity index (χ1n) is 20.5. The molecule has 0 aliphatic carbocycles. The van der Waals surface area contributed by atoms with Crippen LogP contribution in [0.2, 0.25) is 0 Å². The summed E-state index contributed by atoms with van der Waals surface area (Å²) >= 11 is 0. The Kier molecular flexibility index (Phi) is 6.79. The Bertz CT molecular complexity index is 3880. The van der Waals surface area contributed by atoms with E-state index in [1.54, 1.807) is 0 Å². The van der Waals surface area contributed by atoms with Gasteiger partial charge in [-0.1, -0.05) is 182 Å². The van der Waals surface area contributed by atoms with Crippen LogP contribution in [0.15, 0.2) is 212 Å². The maximum atomic E-state index is 2.51. The van der Waals surface area contributed by atoms with E-state index >= 15 is 0 Å². The van der Waals surface area contributed by atoms with Gasteiger partial charge in [0.15, 0.2) is 0 Å². The van der Waals surface area contributed by atoms with Crippen LogP contribution in [-0.4, -0.2) is 4.57 Å². The van der Waals surface area contributed by atoms with Crippen molar-refractivity contribution in [1.29, 1.82) is 0 Å². The number of rotatable bonds is 3. The molecule has 1 heterocycles. The summed E-state index contributed by atoms with van der Waals surface area (Å²) in [6.45, 7) is 0. The highest BCUT2D eigenvalue weighted by Gasteiger charge is 2.21. The second-order valence-corrected chi connectivity index (χ2v) is 16.0. The van der Waals surface area contributed by atoms with Gasteiger partial charge in [0.1, 0.15) is 0 Å². The maximum Gasteiger partial charge on any atom is 0.0554 e. The van der Waals surface area contributed by atoms with Crippen LogP contribution in [0.25, 0.3) is 125 Å². The molecule has 0 atom stereocenters. The predicted molar refractivity (Wildman–Crippen MR) is 254 cm³/mol. The van der Waals surface area contributed by atoms with Crippen LogP contribution in [0.5, 0.6) is 0 Å². The van der Waals surface area contributed by atoms with E-state index in [-0.39, 0.29) is 0 Å². The van der Waals surface area contributed by atoms with Crippen molar-refractivity contribution in [3.8, 4) is 27.9 Å². The zero-order valence-electron chi connectivity index (χ0n) is 32.2. The highest BCUT2D eigenvalue weighted by molar-refractivity contribution is 6.31. The fourth-order valence-electron chi connectivity index (χ4n) is 10.3. The summed E-state index contributed by atoms with van der Waals surface area (Å²) in [4.78, 5) is 0. The minimum Gasteiger partial charge on any atom is -0.309 e. The molecule has 0 aliphatic heterocycles. The smallest absolute Gasteiger partial charge is 0.0554 e. The van der Waals surface area contributed by atoms with Gasteiger partial charge in [-0.3, -0.25) is 0 Å². The third-order valence-corrected chi connectivity index (χ3v) is 12.9. The highest BCUT2D eigenvalue weighted by Crippen LogP contribution is 2.45. The molecule has 0 fully saturated rings. The van der Waals surface area contributed by atoms with Crippen molar-refractivity contribution in [1.82, 2.24) is 4.57 Å². The van der Waals surface area contributed by atoms with E-state index in [0.717, 1.165) is 0 Å². The van der Waals surface area contributed by atoms with Crippen molar-refractivity contribution >= 4 is 97.2 Å². The Morgan fingerprint density at radius 2 is 0.729 bits per heavy atom. The summed E-state index contributed by atoms with van der Waals surface area (Å²) in [5, 5.41) is 20.5. The lowest BCUT2D eigenvalue weighted by molar-refractivity contribution is 1.20. The van der Waals surface area contributed by atoms with Crippen LogP contribution in [0.4, 0.5) is 0 Å². The maximum absolute atomic E-state index is 2.51. The van der Waals surface area contributed by atoms with E-state index in [9.17, 15) is 0 Å². The molecule has 13 rings (SSSR count). The van der Waals surface area contributed by atoms with Gasteiger partial charge >= 0.3 is 0 Å². The summed E-state index contributed by atoms with van der Waals surface area (Å²) in [6, 6.07) is 78.8. The largest absolute Gasteiger partial charge is 0.309 e. The third kappa shape index (κ3) is 4.67. The highest BCUT2D eigenvalue weighted by atomic mass is 15.0. The van der Waals surface area contributed by atoms with Crippen LogP contribution in [0.1, 0.15) is 0 Å². The van der Waals surface area contributed by atoms with Gasteiger partial charge in [0.2, 0.25) is 0 Å². The number of nitrogens with zero attached hydrogens (tertiary/aromatic N) is 1.